The van der Waals surface area contributed by atoms with Gasteiger partial charge in [0.2, 0.25) is 0 Å². The van der Waals surface area contributed by atoms with Crippen LogP contribution in [0.15, 0.2) is 48.7 Å². The summed E-state index contributed by atoms with van der Waals surface area (Å²) in [6.45, 7) is 1.95. The highest BCUT2D eigenvalue weighted by Gasteiger charge is 2.12. The van der Waals surface area contributed by atoms with Crippen molar-refractivity contribution in [3.63, 3.8) is 0 Å². The normalized spacial score (nSPS) is 11.4. The van der Waals surface area contributed by atoms with E-state index in [1.54, 1.807) is 12.1 Å². The second kappa shape index (κ2) is 5.44. The minimum atomic E-state index is -1.03. The lowest BCUT2D eigenvalue weighted by molar-refractivity contribution is -0.131. The first-order valence-corrected chi connectivity index (χ1v) is 6.70. The van der Waals surface area contributed by atoms with Crippen molar-refractivity contribution in [2.75, 3.05) is 0 Å². The third-order valence-corrected chi connectivity index (χ3v) is 3.30. The molecule has 3 rings (SSSR count). The van der Waals surface area contributed by atoms with E-state index in [0.29, 0.717) is 17.0 Å². The molecule has 0 aliphatic rings. The highest BCUT2D eigenvalue weighted by Crippen LogP contribution is 2.26. The Labute approximate surface area is 126 Å². The van der Waals surface area contributed by atoms with E-state index in [4.69, 9.17) is 5.11 Å². The molecule has 0 saturated heterocycles. The zero-order valence-corrected chi connectivity index (χ0v) is 11.8. The van der Waals surface area contributed by atoms with Gasteiger partial charge in [0.1, 0.15) is 11.5 Å². The van der Waals surface area contributed by atoms with Crippen LogP contribution in [0.2, 0.25) is 0 Å². The third-order valence-electron chi connectivity index (χ3n) is 3.30. The van der Waals surface area contributed by atoms with Crippen molar-refractivity contribution in [3.8, 4) is 11.3 Å². The number of aliphatic carboxylic acids is 1. The van der Waals surface area contributed by atoms with Gasteiger partial charge >= 0.3 is 5.97 Å². The number of hydrogen-bond acceptors (Lipinski definition) is 2. The van der Waals surface area contributed by atoms with Gasteiger partial charge in [-0.2, -0.15) is 0 Å². The maximum Gasteiger partial charge on any atom is 0.328 e. The number of carboxylic acid groups (broad SMARTS) is 1. The maximum absolute atomic E-state index is 13.1. The van der Waals surface area contributed by atoms with Crippen LogP contribution in [0.25, 0.3) is 23.0 Å². The summed E-state index contributed by atoms with van der Waals surface area (Å²) in [6.07, 6.45) is 4.45. The number of imidazole rings is 1. The third kappa shape index (κ3) is 2.61. The van der Waals surface area contributed by atoms with Crippen molar-refractivity contribution in [2.24, 2.45) is 0 Å². The Morgan fingerprint density at radius 1 is 1.23 bits per heavy atom. The van der Waals surface area contributed by atoms with Crippen molar-refractivity contribution in [1.82, 2.24) is 9.38 Å². The topological polar surface area (TPSA) is 54.6 Å². The number of fused-ring (bicyclic) bond motifs is 1. The van der Waals surface area contributed by atoms with Gasteiger partial charge < -0.3 is 5.11 Å². The zero-order chi connectivity index (χ0) is 15.7. The quantitative estimate of drug-likeness (QED) is 0.752. The molecule has 0 aliphatic heterocycles. The zero-order valence-electron chi connectivity index (χ0n) is 11.8. The van der Waals surface area contributed by atoms with E-state index in [9.17, 15) is 9.18 Å². The molecule has 0 atom stereocenters. The van der Waals surface area contributed by atoms with Gasteiger partial charge in [0.15, 0.2) is 0 Å². The summed E-state index contributed by atoms with van der Waals surface area (Å²) in [5.41, 5.74) is 3.72. The number of benzene rings is 1. The first-order chi connectivity index (χ1) is 10.5. The fourth-order valence-electron chi connectivity index (χ4n) is 2.30. The number of aromatic nitrogens is 2. The fourth-order valence-corrected chi connectivity index (χ4v) is 2.30. The van der Waals surface area contributed by atoms with Crippen molar-refractivity contribution in [1.29, 1.82) is 0 Å². The van der Waals surface area contributed by atoms with E-state index in [1.165, 1.54) is 18.2 Å². The minimum Gasteiger partial charge on any atom is -0.478 e. The molecule has 22 heavy (non-hydrogen) atoms. The van der Waals surface area contributed by atoms with Crippen LogP contribution in [-0.4, -0.2) is 20.5 Å². The molecule has 1 aromatic carbocycles. The number of carboxylic acids is 1. The van der Waals surface area contributed by atoms with Crippen molar-refractivity contribution in [3.05, 3.63) is 65.7 Å². The van der Waals surface area contributed by atoms with E-state index in [0.717, 1.165) is 17.2 Å². The average Bonchev–Trinajstić information content (AvgIpc) is 2.83. The molecule has 3 aromatic rings. The Hall–Kier alpha value is -2.95. The van der Waals surface area contributed by atoms with Gasteiger partial charge in [0, 0.05) is 17.8 Å². The molecule has 0 fully saturated rings. The smallest absolute Gasteiger partial charge is 0.328 e. The Morgan fingerprint density at radius 2 is 1.95 bits per heavy atom. The summed E-state index contributed by atoms with van der Waals surface area (Å²) in [6, 6.07) is 9.76. The number of halogens is 1. The van der Waals surface area contributed by atoms with Gasteiger partial charge in [0.05, 0.1) is 11.4 Å². The summed E-state index contributed by atoms with van der Waals surface area (Å²) in [5, 5.41) is 8.87. The number of aryl methyl sites for hydroxylation is 1. The summed E-state index contributed by atoms with van der Waals surface area (Å²) in [7, 11) is 0. The lowest BCUT2D eigenvalue weighted by Gasteiger charge is -2.01. The first kappa shape index (κ1) is 14.0. The van der Waals surface area contributed by atoms with Crippen LogP contribution in [0.4, 0.5) is 4.39 Å². The minimum absolute atomic E-state index is 0.328. The lowest BCUT2D eigenvalue weighted by Crippen LogP contribution is -1.92. The van der Waals surface area contributed by atoms with Crippen molar-refractivity contribution >= 4 is 17.7 Å². The van der Waals surface area contributed by atoms with E-state index in [-0.39, 0.29) is 5.82 Å². The average molecular weight is 296 g/mol. The fraction of sp³-hybridized carbons (Fsp3) is 0.0588. The molecule has 0 amide bonds. The van der Waals surface area contributed by atoms with Gasteiger partial charge in [0.25, 0.3) is 0 Å². The predicted molar refractivity (Wildman–Crippen MR) is 82.0 cm³/mol. The van der Waals surface area contributed by atoms with Crippen molar-refractivity contribution < 1.29 is 14.3 Å². The second-order valence-electron chi connectivity index (χ2n) is 4.96. The highest BCUT2D eigenvalue weighted by molar-refractivity contribution is 5.87. The Morgan fingerprint density at radius 3 is 2.64 bits per heavy atom. The van der Waals surface area contributed by atoms with Gasteiger partial charge in [-0.15, -0.1) is 0 Å². The number of pyridine rings is 1. The number of rotatable bonds is 3. The monoisotopic (exact) mass is 296 g/mol. The van der Waals surface area contributed by atoms with Gasteiger partial charge in [-0.3, -0.25) is 4.40 Å². The van der Waals surface area contributed by atoms with Gasteiger partial charge in [-0.25, -0.2) is 14.2 Å². The van der Waals surface area contributed by atoms with Crippen LogP contribution in [0, 0.1) is 12.7 Å². The highest BCUT2D eigenvalue weighted by atomic mass is 19.1. The van der Waals surface area contributed by atoms with Crippen LogP contribution >= 0.6 is 0 Å². The van der Waals surface area contributed by atoms with E-state index < -0.39 is 5.97 Å². The largest absolute Gasteiger partial charge is 0.478 e. The van der Waals surface area contributed by atoms with Crippen molar-refractivity contribution in [2.45, 2.75) is 6.92 Å². The standard InChI is InChI=1S/C17H13FN2O2/c1-11-2-8-15-19-17(12-3-5-13(18)6-4-12)14(20(15)10-11)7-9-16(21)22/h2-10H,1H3,(H,21,22). The Kier molecular flexibility index (Phi) is 3.47. The molecule has 0 unspecified atom stereocenters. The van der Waals surface area contributed by atoms with Crippen LogP contribution in [0.1, 0.15) is 11.3 Å². The number of hydrogen-bond donors (Lipinski definition) is 1. The van der Waals surface area contributed by atoms with Crippen LogP contribution in [0.5, 0.6) is 0 Å². The molecule has 110 valence electrons. The lowest BCUT2D eigenvalue weighted by atomic mass is 10.1. The van der Waals surface area contributed by atoms with E-state index in [1.807, 2.05) is 29.7 Å². The molecule has 2 heterocycles. The van der Waals surface area contributed by atoms with Gasteiger partial charge in [-0.1, -0.05) is 6.07 Å². The van der Waals surface area contributed by atoms with Crippen LogP contribution in [0.3, 0.4) is 0 Å². The molecule has 0 saturated carbocycles. The summed E-state index contributed by atoms with van der Waals surface area (Å²) in [5.74, 6) is -1.36. The number of carbonyl (C=O) groups is 1. The molecule has 2 aromatic heterocycles. The molecule has 0 aliphatic carbocycles. The van der Waals surface area contributed by atoms with Crippen LogP contribution < -0.4 is 0 Å². The molecule has 0 radical (unpaired) electrons. The SMILES string of the molecule is Cc1ccc2nc(-c3ccc(F)cc3)c(C=CC(=O)O)n2c1. The molecule has 4 nitrogen and oxygen atoms in total. The molecule has 5 heteroatoms. The summed E-state index contributed by atoms with van der Waals surface area (Å²) < 4.78 is 14.9. The van der Waals surface area contributed by atoms with E-state index >= 15 is 0 Å². The Bertz CT molecular complexity index is 880. The Balaban J connectivity index is 2.26. The number of nitrogens with zero attached hydrogens (tertiary/aromatic N) is 2. The summed E-state index contributed by atoms with van der Waals surface area (Å²) in [4.78, 5) is 15.4. The van der Waals surface area contributed by atoms with Crippen LogP contribution in [-0.2, 0) is 4.79 Å². The second-order valence-corrected chi connectivity index (χ2v) is 4.96. The summed E-state index contributed by atoms with van der Waals surface area (Å²) >= 11 is 0. The molecular weight excluding hydrogens is 283 g/mol. The van der Waals surface area contributed by atoms with Gasteiger partial charge in [-0.05, 0) is 48.9 Å². The maximum atomic E-state index is 13.1. The molecular formula is C17H13FN2O2. The molecule has 0 bridgehead atoms. The first-order valence-electron chi connectivity index (χ1n) is 6.70. The molecule has 1 N–H and O–H groups in total. The molecule has 0 spiro atoms. The predicted octanol–water partition coefficient (Wildman–Crippen LogP) is 3.55. The van der Waals surface area contributed by atoms with E-state index in [2.05, 4.69) is 4.98 Å².